The Morgan fingerprint density at radius 1 is 1.53 bits per heavy atom. The van der Waals surface area contributed by atoms with E-state index in [0.717, 1.165) is 12.2 Å². The van der Waals surface area contributed by atoms with E-state index < -0.39 is 0 Å². The van der Waals surface area contributed by atoms with Crippen molar-refractivity contribution in [2.45, 2.75) is 13.8 Å². The maximum Gasteiger partial charge on any atom is 0.226 e. The first-order valence-corrected chi connectivity index (χ1v) is 4.99. The molecule has 0 saturated heterocycles. The van der Waals surface area contributed by atoms with Crippen molar-refractivity contribution in [1.29, 1.82) is 0 Å². The molecule has 1 unspecified atom stereocenters. The van der Waals surface area contributed by atoms with Gasteiger partial charge in [-0.2, -0.15) is 4.98 Å². The third-order valence-electron chi connectivity index (χ3n) is 2.05. The molecule has 3 N–H and O–H groups in total. The average molecular weight is 210 g/mol. The van der Waals surface area contributed by atoms with E-state index in [1.165, 1.54) is 0 Å². The van der Waals surface area contributed by atoms with Crippen LogP contribution in [-0.2, 0) is 0 Å². The lowest BCUT2D eigenvalue weighted by Gasteiger charge is -2.10. The first kappa shape index (κ1) is 11.7. The maximum absolute atomic E-state index is 5.52. The molecule has 15 heavy (non-hydrogen) atoms. The number of nitrogens with zero attached hydrogens (tertiary/aromatic N) is 2. The van der Waals surface area contributed by atoms with E-state index >= 15 is 0 Å². The summed E-state index contributed by atoms with van der Waals surface area (Å²) < 4.78 is 5.05. The van der Waals surface area contributed by atoms with Gasteiger partial charge in [-0.15, -0.1) is 0 Å². The lowest BCUT2D eigenvalue weighted by atomic mass is 10.2. The molecule has 0 fully saturated rings. The molecule has 5 nitrogen and oxygen atoms in total. The van der Waals surface area contributed by atoms with Crippen molar-refractivity contribution >= 4 is 5.95 Å². The van der Waals surface area contributed by atoms with Crippen molar-refractivity contribution in [2.75, 3.05) is 25.5 Å². The second-order valence-corrected chi connectivity index (χ2v) is 3.60. The van der Waals surface area contributed by atoms with Crippen LogP contribution in [0.25, 0.3) is 0 Å². The number of hydrogen-bond donors (Lipinski definition) is 2. The molecule has 0 bridgehead atoms. The highest BCUT2D eigenvalue weighted by atomic mass is 16.5. The number of methoxy groups -OCH3 is 1. The second-order valence-electron chi connectivity index (χ2n) is 3.60. The van der Waals surface area contributed by atoms with Gasteiger partial charge in [-0.3, -0.25) is 0 Å². The lowest BCUT2D eigenvalue weighted by molar-refractivity contribution is 0.397. The fraction of sp³-hybridized carbons (Fsp3) is 0.600. The van der Waals surface area contributed by atoms with Crippen LogP contribution < -0.4 is 15.8 Å². The van der Waals surface area contributed by atoms with Crippen LogP contribution in [0, 0.1) is 12.8 Å². The van der Waals surface area contributed by atoms with E-state index in [-0.39, 0.29) is 0 Å². The highest BCUT2D eigenvalue weighted by molar-refractivity contribution is 5.30. The number of aryl methyl sites for hydroxylation is 1. The molecule has 1 aromatic heterocycles. The van der Waals surface area contributed by atoms with E-state index in [9.17, 15) is 0 Å². The van der Waals surface area contributed by atoms with Crippen LogP contribution in [0.5, 0.6) is 5.88 Å². The summed E-state index contributed by atoms with van der Waals surface area (Å²) in [6.07, 6.45) is 0. The van der Waals surface area contributed by atoms with Gasteiger partial charge >= 0.3 is 0 Å². The van der Waals surface area contributed by atoms with Crippen LogP contribution >= 0.6 is 0 Å². The summed E-state index contributed by atoms with van der Waals surface area (Å²) >= 11 is 0. The number of ether oxygens (including phenoxy) is 1. The smallest absolute Gasteiger partial charge is 0.226 e. The first-order chi connectivity index (χ1) is 7.15. The van der Waals surface area contributed by atoms with E-state index in [1.54, 1.807) is 13.2 Å². The van der Waals surface area contributed by atoms with Crippen LogP contribution in [0.3, 0.4) is 0 Å². The van der Waals surface area contributed by atoms with E-state index in [2.05, 4.69) is 22.2 Å². The molecule has 0 aliphatic rings. The molecule has 1 heterocycles. The molecule has 1 aromatic rings. The zero-order valence-corrected chi connectivity index (χ0v) is 9.45. The topological polar surface area (TPSA) is 73.1 Å². The predicted octanol–water partition coefficient (Wildman–Crippen LogP) is 0.800. The van der Waals surface area contributed by atoms with Crippen molar-refractivity contribution in [3.05, 3.63) is 11.8 Å². The minimum Gasteiger partial charge on any atom is -0.481 e. The van der Waals surface area contributed by atoms with E-state index in [1.807, 2.05) is 6.92 Å². The highest BCUT2D eigenvalue weighted by Crippen LogP contribution is 2.11. The van der Waals surface area contributed by atoms with Gasteiger partial charge in [0, 0.05) is 18.3 Å². The first-order valence-electron chi connectivity index (χ1n) is 4.99. The quantitative estimate of drug-likeness (QED) is 0.752. The van der Waals surface area contributed by atoms with E-state index in [0.29, 0.717) is 24.3 Å². The van der Waals surface area contributed by atoms with Gasteiger partial charge in [-0.05, 0) is 19.4 Å². The van der Waals surface area contributed by atoms with Gasteiger partial charge in [-0.1, -0.05) is 6.92 Å². The summed E-state index contributed by atoms with van der Waals surface area (Å²) in [4.78, 5) is 8.42. The third kappa shape index (κ3) is 3.71. The van der Waals surface area contributed by atoms with Crippen molar-refractivity contribution < 1.29 is 4.74 Å². The van der Waals surface area contributed by atoms with Crippen molar-refractivity contribution in [2.24, 2.45) is 11.7 Å². The molecular weight excluding hydrogens is 192 g/mol. The van der Waals surface area contributed by atoms with Gasteiger partial charge in [0.2, 0.25) is 11.8 Å². The summed E-state index contributed by atoms with van der Waals surface area (Å²) in [6, 6.07) is 1.79. The van der Waals surface area contributed by atoms with Crippen molar-refractivity contribution in [3.63, 3.8) is 0 Å². The largest absolute Gasteiger partial charge is 0.481 e. The Labute approximate surface area is 90.1 Å². The number of nitrogens with one attached hydrogen (secondary N) is 1. The lowest BCUT2D eigenvalue weighted by Crippen LogP contribution is -2.20. The average Bonchev–Trinajstić information content (AvgIpc) is 2.25. The van der Waals surface area contributed by atoms with E-state index in [4.69, 9.17) is 10.5 Å². The Morgan fingerprint density at radius 3 is 2.87 bits per heavy atom. The van der Waals surface area contributed by atoms with Gasteiger partial charge in [0.1, 0.15) is 0 Å². The molecule has 0 saturated carbocycles. The fourth-order valence-corrected chi connectivity index (χ4v) is 1.07. The minimum absolute atomic E-state index is 0.403. The van der Waals surface area contributed by atoms with Crippen molar-refractivity contribution in [1.82, 2.24) is 9.97 Å². The summed E-state index contributed by atoms with van der Waals surface area (Å²) in [6.45, 7) is 5.39. The monoisotopic (exact) mass is 210 g/mol. The Morgan fingerprint density at radius 2 is 2.27 bits per heavy atom. The van der Waals surface area contributed by atoms with Gasteiger partial charge in [0.25, 0.3) is 0 Å². The van der Waals surface area contributed by atoms with Gasteiger partial charge in [0.15, 0.2) is 0 Å². The zero-order valence-electron chi connectivity index (χ0n) is 9.45. The predicted molar refractivity (Wildman–Crippen MR) is 60.0 cm³/mol. The highest BCUT2D eigenvalue weighted by Gasteiger charge is 2.03. The summed E-state index contributed by atoms with van der Waals surface area (Å²) in [5, 5.41) is 3.13. The normalized spacial score (nSPS) is 12.3. The number of aromatic nitrogens is 2. The Hall–Kier alpha value is -1.36. The summed E-state index contributed by atoms with van der Waals surface area (Å²) in [5.74, 6) is 1.57. The standard InChI is InChI=1S/C10H18N4O/c1-7(5-11)6-12-10-13-8(2)4-9(14-10)15-3/h4,7H,5-6,11H2,1-3H3,(H,12,13,14). The molecule has 0 spiro atoms. The van der Waals surface area contributed by atoms with Crippen LogP contribution in [0.1, 0.15) is 12.6 Å². The fourth-order valence-electron chi connectivity index (χ4n) is 1.07. The number of hydrogen-bond acceptors (Lipinski definition) is 5. The molecule has 0 radical (unpaired) electrons. The van der Waals surface area contributed by atoms with Crippen LogP contribution in [0.4, 0.5) is 5.95 Å². The maximum atomic E-state index is 5.52. The Bertz CT molecular complexity index is 316. The molecule has 0 amide bonds. The van der Waals surface area contributed by atoms with Crippen molar-refractivity contribution in [3.8, 4) is 5.88 Å². The molecule has 1 atom stereocenters. The Kier molecular flexibility index (Phi) is 4.30. The van der Waals surface area contributed by atoms with Gasteiger partial charge in [-0.25, -0.2) is 4.98 Å². The Balaban J connectivity index is 2.64. The van der Waals surface area contributed by atoms with Crippen LogP contribution in [0.15, 0.2) is 6.07 Å². The minimum atomic E-state index is 0.403. The molecule has 0 aromatic carbocycles. The number of rotatable bonds is 5. The molecule has 5 heteroatoms. The molecule has 84 valence electrons. The number of nitrogens with two attached hydrogens (primary N) is 1. The number of anilines is 1. The molecule has 0 aliphatic heterocycles. The summed E-state index contributed by atoms with van der Waals surface area (Å²) in [7, 11) is 1.59. The van der Waals surface area contributed by atoms with Gasteiger partial charge < -0.3 is 15.8 Å². The third-order valence-corrected chi connectivity index (χ3v) is 2.05. The zero-order chi connectivity index (χ0) is 11.3. The molecule has 0 aliphatic carbocycles. The molecular formula is C10H18N4O. The molecule has 1 rings (SSSR count). The SMILES string of the molecule is COc1cc(C)nc(NCC(C)CN)n1. The summed E-state index contributed by atoms with van der Waals surface area (Å²) in [5.41, 5.74) is 6.40. The second kappa shape index (κ2) is 5.50. The van der Waals surface area contributed by atoms with Crippen LogP contribution in [0.2, 0.25) is 0 Å². The van der Waals surface area contributed by atoms with Gasteiger partial charge in [0.05, 0.1) is 7.11 Å². The van der Waals surface area contributed by atoms with Crippen LogP contribution in [-0.4, -0.2) is 30.2 Å².